The smallest absolute Gasteiger partial charge is 0.230 e. The van der Waals surface area contributed by atoms with Gasteiger partial charge < -0.3 is 10.3 Å². The fourth-order valence-electron chi connectivity index (χ4n) is 1.84. The van der Waals surface area contributed by atoms with E-state index in [1.54, 1.807) is 24.3 Å². The monoisotopic (exact) mass is 294 g/mol. The van der Waals surface area contributed by atoms with Crippen molar-refractivity contribution in [1.82, 2.24) is 5.16 Å². The highest BCUT2D eigenvalue weighted by atomic mass is 35.5. The maximum atomic E-state index is 13.9. The summed E-state index contributed by atoms with van der Waals surface area (Å²) < 4.78 is 18.9. The number of anilines is 1. The fraction of sp³-hybridized carbons (Fsp3) is 0. The summed E-state index contributed by atoms with van der Waals surface area (Å²) in [6.07, 6.45) is 0. The van der Waals surface area contributed by atoms with E-state index >= 15 is 0 Å². The van der Waals surface area contributed by atoms with Crippen molar-refractivity contribution < 1.29 is 8.91 Å². The number of nitrogen functional groups attached to an aromatic ring is 1. The molecule has 3 rings (SSSR count). The first-order valence-electron chi connectivity index (χ1n) is 5.42. The highest BCUT2D eigenvalue weighted by Crippen LogP contribution is 2.42. The van der Waals surface area contributed by atoms with Gasteiger partial charge in [0.2, 0.25) is 5.88 Å². The van der Waals surface area contributed by atoms with Crippen LogP contribution in [0.1, 0.15) is 0 Å². The SMILES string of the molecule is Nc1onc(-c2sccc2Cl)c1-c1ccccc1F. The molecule has 3 nitrogen and oxygen atoms in total. The molecule has 3 aromatic rings. The van der Waals surface area contributed by atoms with Gasteiger partial charge in [-0.3, -0.25) is 0 Å². The van der Waals surface area contributed by atoms with Gasteiger partial charge in [-0.25, -0.2) is 4.39 Å². The van der Waals surface area contributed by atoms with Crippen LogP contribution in [0.5, 0.6) is 0 Å². The van der Waals surface area contributed by atoms with Crippen LogP contribution < -0.4 is 5.73 Å². The predicted octanol–water partition coefficient (Wildman–Crippen LogP) is 4.44. The van der Waals surface area contributed by atoms with E-state index in [1.165, 1.54) is 17.4 Å². The molecule has 2 N–H and O–H groups in total. The van der Waals surface area contributed by atoms with Crippen molar-refractivity contribution >= 4 is 28.8 Å². The van der Waals surface area contributed by atoms with Crippen molar-refractivity contribution in [1.29, 1.82) is 0 Å². The van der Waals surface area contributed by atoms with E-state index in [1.807, 2.05) is 5.38 Å². The predicted molar refractivity (Wildman–Crippen MR) is 74.6 cm³/mol. The lowest BCUT2D eigenvalue weighted by molar-refractivity contribution is 0.439. The van der Waals surface area contributed by atoms with Crippen LogP contribution in [0, 0.1) is 5.82 Å². The molecule has 19 heavy (non-hydrogen) atoms. The van der Waals surface area contributed by atoms with Crippen LogP contribution in [-0.2, 0) is 0 Å². The Balaban J connectivity index is 2.26. The van der Waals surface area contributed by atoms with Gasteiger partial charge in [-0.1, -0.05) is 35.0 Å². The number of hydrogen-bond donors (Lipinski definition) is 1. The maximum Gasteiger partial charge on any atom is 0.230 e. The Bertz CT molecular complexity index is 738. The molecule has 96 valence electrons. The fourth-order valence-corrected chi connectivity index (χ4v) is 2.98. The molecule has 0 aliphatic carbocycles. The third kappa shape index (κ3) is 2.01. The topological polar surface area (TPSA) is 52.0 Å². The van der Waals surface area contributed by atoms with Gasteiger partial charge in [0, 0.05) is 5.56 Å². The minimum absolute atomic E-state index is 0.0737. The molecule has 0 spiro atoms. The van der Waals surface area contributed by atoms with E-state index in [9.17, 15) is 4.39 Å². The van der Waals surface area contributed by atoms with E-state index < -0.39 is 0 Å². The lowest BCUT2D eigenvalue weighted by Gasteiger charge is -2.03. The van der Waals surface area contributed by atoms with Crippen molar-refractivity contribution in [2.45, 2.75) is 0 Å². The van der Waals surface area contributed by atoms with Crippen molar-refractivity contribution in [3.05, 3.63) is 46.6 Å². The van der Waals surface area contributed by atoms with Gasteiger partial charge >= 0.3 is 0 Å². The minimum Gasteiger partial charge on any atom is -0.367 e. The van der Waals surface area contributed by atoms with Crippen LogP contribution >= 0.6 is 22.9 Å². The third-order valence-electron chi connectivity index (χ3n) is 2.69. The molecular formula is C13H8ClFN2OS. The highest BCUT2D eigenvalue weighted by molar-refractivity contribution is 7.14. The van der Waals surface area contributed by atoms with Crippen molar-refractivity contribution in [2.24, 2.45) is 0 Å². The molecule has 0 saturated heterocycles. The second-order valence-electron chi connectivity index (χ2n) is 3.85. The quantitative estimate of drug-likeness (QED) is 0.760. The molecule has 6 heteroatoms. The number of halogens is 2. The number of benzene rings is 1. The number of rotatable bonds is 2. The average molecular weight is 295 g/mol. The third-order valence-corrected chi connectivity index (χ3v) is 4.04. The summed E-state index contributed by atoms with van der Waals surface area (Å²) in [4.78, 5) is 0.709. The maximum absolute atomic E-state index is 13.9. The summed E-state index contributed by atoms with van der Waals surface area (Å²) in [5.74, 6) is -0.309. The van der Waals surface area contributed by atoms with Crippen LogP contribution in [0.25, 0.3) is 21.7 Å². The Hall–Kier alpha value is -1.85. The molecule has 0 amide bonds. The Morgan fingerprint density at radius 1 is 1.26 bits per heavy atom. The highest BCUT2D eigenvalue weighted by Gasteiger charge is 2.22. The van der Waals surface area contributed by atoms with Crippen LogP contribution in [0.3, 0.4) is 0 Å². The van der Waals surface area contributed by atoms with Crippen molar-refractivity contribution in [2.75, 3.05) is 5.73 Å². The average Bonchev–Trinajstić information content (AvgIpc) is 2.96. The second kappa shape index (κ2) is 4.68. The molecule has 0 aliphatic rings. The first-order valence-corrected chi connectivity index (χ1v) is 6.67. The molecule has 0 aliphatic heterocycles. The zero-order chi connectivity index (χ0) is 13.4. The number of aromatic nitrogens is 1. The molecule has 2 heterocycles. The van der Waals surface area contributed by atoms with Gasteiger partial charge in [0.1, 0.15) is 11.5 Å². The lowest BCUT2D eigenvalue weighted by atomic mass is 10.0. The second-order valence-corrected chi connectivity index (χ2v) is 5.17. The largest absolute Gasteiger partial charge is 0.367 e. The summed E-state index contributed by atoms with van der Waals surface area (Å²) in [6, 6.07) is 8.08. The number of nitrogens with two attached hydrogens (primary N) is 1. The van der Waals surface area contributed by atoms with Crippen LogP contribution in [0.2, 0.25) is 5.02 Å². The van der Waals surface area contributed by atoms with Gasteiger partial charge in [0.25, 0.3) is 0 Å². The Labute approximate surface area is 117 Å². The summed E-state index contributed by atoms with van der Waals surface area (Å²) in [5, 5.41) is 6.26. The normalized spacial score (nSPS) is 10.8. The molecule has 0 bridgehead atoms. The van der Waals surface area contributed by atoms with Crippen molar-refractivity contribution in [3.63, 3.8) is 0 Å². The van der Waals surface area contributed by atoms with Crippen LogP contribution in [0.15, 0.2) is 40.2 Å². The Morgan fingerprint density at radius 3 is 2.74 bits per heavy atom. The molecular weight excluding hydrogens is 287 g/mol. The summed E-state index contributed by atoms with van der Waals surface area (Å²) >= 11 is 7.48. The van der Waals surface area contributed by atoms with E-state index in [2.05, 4.69) is 5.16 Å². The molecule has 0 atom stereocenters. The Kier molecular flexibility index (Phi) is 3.00. The first kappa shape index (κ1) is 12.2. The number of hydrogen-bond acceptors (Lipinski definition) is 4. The summed E-state index contributed by atoms with van der Waals surface area (Å²) in [5.41, 5.74) is 7.01. The molecule has 0 fully saturated rings. The van der Waals surface area contributed by atoms with E-state index in [4.69, 9.17) is 21.9 Å². The van der Waals surface area contributed by atoms with Crippen LogP contribution in [-0.4, -0.2) is 5.16 Å². The summed E-state index contributed by atoms with van der Waals surface area (Å²) in [6.45, 7) is 0. The molecule has 0 radical (unpaired) electrons. The number of nitrogens with zero attached hydrogens (tertiary/aromatic N) is 1. The van der Waals surface area contributed by atoms with Gasteiger partial charge in [-0.15, -0.1) is 11.3 Å². The minimum atomic E-state index is -0.383. The Morgan fingerprint density at radius 2 is 2.05 bits per heavy atom. The standard InChI is InChI=1S/C13H8ClFN2OS/c14-8-5-6-19-12(8)11-10(13(16)18-17-11)7-3-1-2-4-9(7)15/h1-6H,16H2. The number of thiophene rings is 1. The van der Waals surface area contributed by atoms with Crippen LogP contribution in [0.4, 0.5) is 10.3 Å². The lowest BCUT2D eigenvalue weighted by Crippen LogP contribution is -1.90. The van der Waals surface area contributed by atoms with E-state index in [0.717, 1.165) is 0 Å². The van der Waals surface area contributed by atoms with Gasteiger partial charge in [0.05, 0.1) is 15.5 Å². The van der Waals surface area contributed by atoms with Gasteiger partial charge in [0.15, 0.2) is 0 Å². The molecule has 0 saturated carbocycles. The van der Waals surface area contributed by atoms with Gasteiger partial charge in [-0.05, 0) is 17.5 Å². The zero-order valence-electron chi connectivity index (χ0n) is 9.56. The van der Waals surface area contributed by atoms with E-state index in [-0.39, 0.29) is 11.7 Å². The first-order chi connectivity index (χ1) is 9.18. The van der Waals surface area contributed by atoms with Crippen molar-refractivity contribution in [3.8, 4) is 21.7 Å². The molecule has 2 aromatic heterocycles. The molecule has 0 unspecified atom stereocenters. The summed E-state index contributed by atoms with van der Waals surface area (Å²) in [7, 11) is 0. The van der Waals surface area contributed by atoms with Gasteiger partial charge in [-0.2, -0.15) is 0 Å². The zero-order valence-corrected chi connectivity index (χ0v) is 11.1. The molecule has 1 aromatic carbocycles. The van der Waals surface area contributed by atoms with E-state index in [0.29, 0.717) is 26.7 Å².